The molecule has 1 aliphatic heterocycles. The van der Waals surface area contributed by atoms with E-state index < -0.39 is 30.1 Å². The molecule has 11 heteroatoms. The number of benzene rings is 1. The predicted molar refractivity (Wildman–Crippen MR) is 106 cm³/mol. The Morgan fingerprint density at radius 2 is 1.90 bits per heavy atom. The van der Waals surface area contributed by atoms with Gasteiger partial charge in [-0.15, -0.1) is 0 Å². The summed E-state index contributed by atoms with van der Waals surface area (Å²) in [7, 11) is 1.37. The first kappa shape index (κ1) is 22.2. The normalized spacial score (nSPS) is 17.0. The minimum Gasteiger partial charge on any atom is -0.374 e. The number of amides is 2. The molecule has 1 atom stereocenters. The zero-order chi connectivity index (χ0) is 21.9. The van der Waals surface area contributed by atoms with Gasteiger partial charge in [-0.3, -0.25) is 0 Å². The summed E-state index contributed by atoms with van der Waals surface area (Å²) in [4.78, 5) is 19.6. The Balaban J connectivity index is 1.55. The van der Waals surface area contributed by atoms with Gasteiger partial charge in [-0.25, -0.2) is 9.78 Å². The molecule has 2 heterocycles. The van der Waals surface area contributed by atoms with Crippen molar-refractivity contribution in [1.29, 1.82) is 0 Å². The highest BCUT2D eigenvalue weighted by Crippen LogP contribution is 2.40. The van der Waals surface area contributed by atoms with Crippen molar-refractivity contribution in [3.63, 3.8) is 0 Å². The van der Waals surface area contributed by atoms with E-state index >= 15 is 0 Å². The number of nitrogens with zero attached hydrogens (tertiary/aromatic N) is 4. The van der Waals surface area contributed by atoms with Crippen molar-refractivity contribution in [3.05, 3.63) is 47.5 Å². The second-order valence-electron chi connectivity index (χ2n) is 7.13. The van der Waals surface area contributed by atoms with E-state index in [0.717, 1.165) is 10.3 Å². The first-order chi connectivity index (χ1) is 14.1. The number of halogens is 4. The molecule has 164 valence electrons. The standard InChI is InChI=1S/C19H23ClF3N5O2/c1-26-9-8-24-16(26)18(30,19(21,22)23)6-7-25-17(29)28-12-10-27(11-13-28)15-5-3-2-4-14(15)20/h2-5,8-9,30H,6-7,10-13H2,1H3,(H,25,29). The first-order valence-electron chi connectivity index (χ1n) is 9.42. The Labute approximate surface area is 177 Å². The molecule has 3 rings (SSSR count). The van der Waals surface area contributed by atoms with E-state index in [-0.39, 0.29) is 6.54 Å². The number of para-hydroxylation sites is 1. The third kappa shape index (κ3) is 4.49. The van der Waals surface area contributed by atoms with Gasteiger partial charge in [-0.1, -0.05) is 23.7 Å². The number of carbonyl (C=O) groups is 1. The van der Waals surface area contributed by atoms with E-state index in [0.29, 0.717) is 31.2 Å². The summed E-state index contributed by atoms with van der Waals surface area (Å²) in [5.41, 5.74) is -2.27. The van der Waals surface area contributed by atoms with Crippen molar-refractivity contribution >= 4 is 23.3 Å². The number of nitrogens with one attached hydrogen (secondary N) is 1. The van der Waals surface area contributed by atoms with Crippen molar-refractivity contribution in [3.8, 4) is 0 Å². The minimum absolute atomic E-state index is 0.355. The average Bonchev–Trinajstić information content (AvgIpc) is 3.14. The smallest absolute Gasteiger partial charge is 0.374 e. The van der Waals surface area contributed by atoms with Crippen molar-refractivity contribution in [2.45, 2.75) is 18.2 Å². The van der Waals surface area contributed by atoms with Gasteiger partial charge in [0.25, 0.3) is 0 Å². The van der Waals surface area contributed by atoms with Crippen LogP contribution >= 0.6 is 11.6 Å². The lowest BCUT2D eigenvalue weighted by Crippen LogP contribution is -2.53. The van der Waals surface area contributed by atoms with Crippen molar-refractivity contribution in [2.75, 3.05) is 37.6 Å². The van der Waals surface area contributed by atoms with E-state index in [1.165, 1.54) is 24.3 Å². The van der Waals surface area contributed by atoms with Crippen LogP contribution in [0.25, 0.3) is 0 Å². The predicted octanol–water partition coefficient (Wildman–Crippen LogP) is 2.75. The summed E-state index contributed by atoms with van der Waals surface area (Å²) in [6, 6.07) is 6.93. The summed E-state index contributed by atoms with van der Waals surface area (Å²) in [5, 5.41) is 13.4. The molecule has 1 aromatic heterocycles. The molecule has 0 spiro atoms. The van der Waals surface area contributed by atoms with Gasteiger partial charge in [-0.2, -0.15) is 13.2 Å². The first-order valence-corrected chi connectivity index (χ1v) is 9.80. The number of aryl methyl sites for hydroxylation is 1. The quantitative estimate of drug-likeness (QED) is 0.742. The van der Waals surface area contributed by atoms with Gasteiger partial charge in [0.1, 0.15) is 5.82 Å². The van der Waals surface area contributed by atoms with Crippen LogP contribution in [0.2, 0.25) is 5.02 Å². The number of hydrogen-bond donors (Lipinski definition) is 2. The van der Waals surface area contributed by atoms with Crippen LogP contribution in [0.4, 0.5) is 23.7 Å². The summed E-state index contributed by atoms with van der Waals surface area (Å²) in [6.45, 7) is 1.56. The Morgan fingerprint density at radius 3 is 2.47 bits per heavy atom. The zero-order valence-electron chi connectivity index (χ0n) is 16.4. The lowest BCUT2D eigenvalue weighted by Gasteiger charge is -2.36. The second kappa shape index (κ2) is 8.73. The van der Waals surface area contributed by atoms with Crippen LogP contribution in [0.3, 0.4) is 0 Å². The van der Waals surface area contributed by atoms with Gasteiger partial charge in [-0.05, 0) is 12.1 Å². The lowest BCUT2D eigenvalue weighted by atomic mass is 9.97. The number of urea groups is 1. The average molecular weight is 446 g/mol. The van der Waals surface area contributed by atoms with E-state index in [1.54, 1.807) is 6.07 Å². The van der Waals surface area contributed by atoms with E-state index in [4.69, 9.17) is 11.6 Å². The summed E-state index contributed by atoms with van der Waals surface area (Å²) < 4.78 is 41.7. The fourth-order valence-corrected chi connectivity index (χ4v) is 3.72. The van der Waals surface area contributed by atoms with Gasteiger partial charge >= 0.3 is 12.2 Å². The van der Waals surface area contributed by atoms with E-state index in [1.807, 2.05) is 18.2 Å². The molecule has 1 fully saturated rings. The number of alkyl halides is 3. The monoisotopic (exact) mass is 445 g/mol. The van der Waals surface area contributed by atoms with Crippen LogP contribution in [0.1, 0.15) is 12.2 Å². The van der Waals surface area contributed by atoms with Gasteiger partial charge in [0, 0.05) is 58.6 Å². The Bertz CT molecular complexity index is 883. The molecule has 1 aliphatic rings. The molecule has 1 aromatic carbocycles. The fraction of sp³-hybridized carbons (Fsp3) is 0.474. The number of aliphatic hydroxyl groups is 1. The molecule has 1 unspecified atom stereocenters. The number of aromatic nitrogens is 2. The van der Waals surface area contributed by atoms with E-state index in [9.17, 15) is 23.1 Å². The number of piperazine rings is 1. The largest absolute Gasteiger partial charge is 0.424 e. The number of imidazole rings is 1. The Hall–Kier alpha value is -2.46. The second-order valence-corrected chi connectivity index (χ2v) is 7.53. The third-order valence-electron chi connectivity index (χ3n) is 5.18. The van der Waals surface area contributed by atoms with Gasteiger partial charge in [0.2, 0.25) is 5.60 Å². The Kier molecular flexibility index (Phi) is 6.47. The van der Waals surface area contributed by atoms with Crippen molar-refractivity contribution < 1.29 is 23.1 Å². The zero-order valence-corrected chi connectivity index (χ0v) is 17.1. The molecule has 30 heavy (non-hydrogen) atoms. The van der Waals surface area contributed by atoms with Crippen molar-refractivity contribution in [1.82, 2.24) is 19.8 Å². The molecule has 1 saturated heterocycles. The van der Waals surface area contributed by atoms with Gasteiger partial charge in [0.15, 0.2) is 0 Å². The number of anilines is 1. The SMILES string of the molecule is Cn1ccnc1C(O)(CCNC(=O)N1CCN(c2ccccc2Cl)CC1)C(F)(F)F. The van der Waals surface area contributed by atoms with Crippen LogP contribution in [0.5, 0.6) is 0 Å². The lowest BCUT2D eigenvalue weighted by molar-refractivity contribution is -0.272. The molecular weight excluding hydrogens is 423 g/mol. The summed E-state index contributed by atoms with van der Waals surface area (Å²) >= 11 is 6.20. The highest BCUT2D eigenvalue weighted by Gasteiger charge is 2.57. The molecule has 0 saturated carbocycles. The number of carbonyl (C=O) groups excluding carboxylic acids is 1. The highest BCUT2D eigenvalue weighted by atomic mass is 35.5. The number of rotatable bonds is 5. The summed E-state index contributed by atoms with van der Waals surface area (Å²) in [5.74, 6) is -0.516. The fourth-order valence-electron chi connectivity index (χ4n) is 3.47. The van der Waals surface area contributed by atoms with E-state index in [2.05, 4.69) is 15.2 Å². The third-order valence-corrected chi connectivity index (χ3v) is 5.50. The van der Waals surface area contributed by atoms with Crippen LogP contribution in [-0.2, 0) is 12.6 Å². The summed E-state index contributed by atoms with van der Waals surface area (Å²) in [6.07, 6.45) is -3.17. The molecule has 0 radical (unpaired) electrons. The molecule has 2 aromatic rings. The van der Waals surface area contributed by atoms with Crippen LogP contribution in [0.15, 0.2) is 36.7 Å². The number of hydrogen-bond acceptors (Lipinski definition) is 4. The maximum absolute atomic E-state index is 13.5. The van der Waals surface area contributed by atoms with Crippen LogP contribution in [-0.4, -0.2) is 64.5 Å². The van der Waals surface area contributed by atoms with Gasteiger partial charge < -0.3 is 24.8 Å². The highest BCUT2D eigenvalue weighted by molar-refractivity contribution is 6.33. The van der Waals surface area contributed by atoms with Crippen LogP contribution in [0, 0.1) is 0 Å². The molecule has 0 aliphatic carbocycles. The Morgan fingerprint density at radius 1 is 1.23 bits per heavy atom. The maximum Gasteiger partial charge on any atom is 0.424 e. The van der Waals surface area contributed by atoms with Crippen molar-refractivity contribution in [2.24, 2.45) is 7.05 Å². The molecule has 2 amide bonds. The maximum atomic E-state index is 13.5. The minimum atomic E-state index is -4.93. The van der Waals surface area contributed by atoms with Crippen LogP contribution < -0.4 is 10.2 Å². The topological polar surface area (TPSA) is 73.6 Å². The van der Waals surface area contributed by atoms with Gasteiger partial charge in [0.05, 0.1) is 10.7 Å². The molecule has 7 nitrogen and oxygen atoms in total. The molecule has 0 bridgehead atoms. The molecular formula is C19H23ClF3N5O2. The molecule has 2 N–H and O–H groups in total.